The van der Waals surface area contributed by atoms with Crippen LogP contribution in [0.3, 0.4) is 0 Å². The second-order valence-corrected chi connectivity index (χ2v) is 8.22. The molecule has 0 saturated heterocycles. The topological polar surface area (TPSA) is 69.2 Å². The fourth-order valence-electron chi connectivity index (χ4n) is 4.75. The van der Waals surface area contributed by atoms with Crippen molar-refractivity contribution in [3.8, 4) is 5.75 Å². The number of fused-ring (bicyclic) bond motifs is 2. The van der Waals surface area contributed by atoms with Gasteiger partial charge in [0.15, 0.2) is 0 Å². The second kappa shape index (κ2) is 6.97. The molecule has 0 bridgehead atoms. The highest BCUT2D eigenvalue weighted by Crippen LogP contribution is 2.33. The normalized spacial score (nSPS) is 17.2. The zero-order chi connectivity index (χ0) is 19.1. The van der Waals surface area contributed by atoms with E-state index >= 15 is 0 Å². The third kappa shape index (κ3) is 3.05. The molecule has 1 fully saturated rings. The molecule has 1 aliphatic carbocycles. The lowest BCUT2D eigenvalue weighted by atomic mass is 9.85. The van der Waals surface area contributed by atoms with Gasteiger partial charge in [0.2, 0.25) is 0 Å². The van der Waals surface area contributed by atoms with E-state index < -0.39 is 0 Å². The van der Waals surface area contributed by atoms with Crippen molar-refractivity contribution in [1.29, 1.82) is 0 Å². The average molecular weight is 375 g/mol. The van der Waals surface area contributed by atoms with Gasteiger partial charge in [0.1, 0.15) is 5.75 Å². The number of carbonyl (C=O) groups is 1. The number of aromatic nitrogens is 2. The molecule has 0 spiro atoms. The Bertz CT molecular complexity index is 1010. The van der Waals surface area contributed by atoms with Crippen molar-refractivity contribution in [2.45, 2.75) is 51.6 Å². The van der Waals surface area contributed by atoms with Gasteiger partial charge in [-0.05, 0) is 29.5 Å². The third-order valence-corrected chi connectivity index (χ3v) is 6.32. The van der Waals surface area contributed by atoms with Crippen molar-refractivity contribution in [2.24, 2.45) is 5.92 Å². The summed E-state index contributed by atoms with van der Waals surface area (Å²) < 4.78 is 0. The summed E-state index contributed by atoms with van der Waals surface area (Å²) in [5.41, 5.74) is 4.53. The minimum absolute atomic E-state index is 0.0151. The van der Waals surface area contributed by atoms with Gasteiger partial charge in [-0.15, -0.1) is 0 Å². The molecule has 28 heavy (non-hydrogen) atoms. The number of H-pyrrole nitrogens is 1. The summed E-state index contributed by atoms with van der Waals surface area (Å²) in [5.74, 6) is 0.558. The molecular weight excluding hydrogens is 350 g/mol. The molecule has 2 N–H and O–H groups in total. The molecule has 144 valence electrons. The second-order valence-electron chi connectivity index (χ2n) is 8.22. The first-order valence-electron chi connectivity index (χ1n) is 10.2. The Morgan fingerprint density at radius 3 is 2.54 bits per heavy atom. The summed E-state index contributed by atoms with van der Waals surface area (Å²) in [7, 11) is 0. The van der Waals surface area contributed by atoms with Crippen LogP contribution in [0.15, 0.2) is 36.4 Å². The highest BCUT2D eigenvalue weighted by Gasteiger charge is 2.27. The molecular formula is C23H25N3O2. The summed E-state index contributed by atoms with van der Waals surface area (Å²) in [5, 5.41) is 19.0. The smallest absolute Gasteiger partial charge is 0.258 e. The summed E-state index contributed by atoms with van der Waals surface area (Å²) in [6, 6.07) is 11.6. The van der Waals surface area contributed by atoms with Gasteiger partial charge in [0.05, 0.1) is 16.8 Å². The fourth-order valence-corrected chi connectivity index (χ4v) is 4.75. The van der Waals surface area contributed by atoms with Crippen LogP contribution in [0.2, 0.25) is 0 Å². The number of nitrogens with one attached hydrogen (secondary N) is 1. The molecule has 1 amide bonds. The maximum Gasteiger partial charge on any atom is 0.258 e. The molecule has 1 saturated carbocycles. The van der Waals surface area contributed by atoms with E-state index in [0.29, 0.717) is 24.6 Å². The van der Waals surface area contributed by atoms with E-state index in [9.17, 15) is 9.90 Å². The van der Waals surface area contributed by atoms with E-state index in [1.165, 1.54) is 43.2 Å². The minimum Gasteiger partial charge on any atom is -0.507 e. The summed E-state index contributed by atoms with van der Waals surface area (Å²) in [4.78, 5) is 14.9. The highest BCUT2D eigenvalue weighted by molar-refractivity contribution is 6.01. The molecule has 3 aromatic rings. The van der Waals surface area contributed by atoms with E-state index in [-0.39, 0.29) is 11.7 Å². The number of aromatic amines is 1. The van der Waals surface area contributed by atoms with E-state index in [1.54, 1.807) is 11.0 Å². The SMILES string of the molecule is O=C(c1cc2c(CC3CCCCC3)n[nH]c2cc1O)N1Cc2ccccc2C1. The Kier molecular flexibility index (Phi) is 4.30. The van der Waals surface area contributed by atoms with Gasteiger partial charge in [-0.1, -0.05) is 56.4 Å². The Morgan fingerprint density at radius 2 is 1.82 bits per heavy atom. The number of hydrogen-bond acceptors (Lipinski definition) is 3. The van der Waals surface area contributed by atoms with Gasteiger partial charge < -0.3 is 10.0 Å². The Labute approximate surface area is 164 Å². The molecule has 1 aliphatic heterocycles. The highest BCUT2D eigenvalue weighted by atomic mass is 16.3. The van der Waals surface area contributed by atoms with Crippen molar-refractivity contribution in [3.63, 3.8) is 0 Å². The fraction of sp³-hybridized carbons (Fsp3) is 0.391. The van der Waals surface area contributed by atoms with E-state index in [4.69, 9.17) is 0 Å². The van der Waals surface area contributed by atoms with E-state index in [0.717, 1.165) is 23.0 Å². The van der Waals surface area contributed by atoms with Gasteiger partial charge in [-0.3, -0.25) is 9.89 Å². The zero-order valence-electron chi connectivity index (χ0n) is 15.9. The van der Waals surface area contributed by atoms with Crippen LogP contribution < -0.4 is 0 Å². The van der Waals surface area contributed by atoms with Crippen LogP contribution in [-0.4, -0.2) is 26.1 Å². The molecule has 5 nitrogen and oxygen atoms in total. The van der Waals surface area contributed by atoms with Gasteiger partial charge in [0.25, 0.3) is 5.91 Å². The number of rotatable bonds is 3. The van der Waals surface area contributed by atoms with E-state index in [2.05, 4.69) is 22.3 Å². The van der Waals surface area contributed by atoms with Gasteiger partial charge in [-0.25, -0.2) is 0 Å². The predicted octanol–water partition coefficient (Wildman–Crippen LogP) is 4.55. The van der Waals surface area contributed by atoms with Crippen LogP contribution in [-0.2, 0) is 19.5 Å². The van der Waals surface area contributed by atoms with Crippen molar-refractivity contribution in [2.75, 3.05) is 0 Å². The first kappa shape index (κ1) is 17.3. The van der Waals surface area contributed by atoms with Gasteiger partial charge in [0, 0.05) is 24.5 Å². The number of phenols is 1. The van der Waals surface area contributed by atoms with Crippen LogP contribution in [0.25, 0.3) is 10.9 Å². The van der Waals surface area contributed by atoms with Crippen molar-refractivity contribution < 1.29 is 9.90 Å². The molecule has 2 heterocycles. The Morgan fingerprint density at radius 1 is 1.11 bits per heavy atom. The summed E-state index contributed by atoms with van der Waals surface area (Å²) >= 11 is 0. The largest absolute Gasteiger partial charge is 0.507 e. The quantitative estimate of drug-likeness (QED) is 0.706. The number of nitrogens with zero attached hydrogens (tertiary/aromatic N) is 2. The molecule has 5 rings (SSSR count). The molecule has 0 unspecified atom stereocenters. The van der Waals surface area contributed by atoms with Gasteiger partial charge in [-0.2, -0.15) is 5.10 Å². The Balaban J connectivity index is 1.43. The lowest BCUT2D eigenvalue weighted by Crippen LogP contribution is -2.25. The van der Waals surface area contributed by atoms with Crippen molar-refractivity contribution in [1.82, 2.24) is 15.1 Å². The average Bonchev–Trinajstić information content (AvgIpc) is 3.32. The van der Waals surface area contributed by atoms with Crippen molar-refractivity contribution in [3.05, 3.63) is 58.8 Å². The van der Waals surface area contributed by atoms with E-state index in [1.807, 2.05) is 18.2 Å². The molecule has 5 heteroatoms. The van der Waals surface area contributed by atoms with Crippen LogP contribution in [0.5, 0.6) is 5.75 Å². The number of phenolic OH excluding ortho intramolecular Hbond substituents is 1. The van der Waals surface area contributed by atoms with Crippen molar-refractivity contribution >= 4 is 16.8 Å². The van der Waals surface area contributed by atoms with Crippen LogP contribution in [0.4, 0.5) is 0 Å². The molecule has 0 atom stereocenters. The van der Waals surface area contributed by atoms with Gasteiger partial charge >= 0.3 is 0 Å². The zero-order valence-corrected chi connectivity index (χ0v) is 15.9. The maximum atomic E-state index is 13.1. The number of aromatic hydroxyl groups is 1. The van der Waals surface area contributed by atoms with Crippen LogP contribution in [0, 0.1) is 5.92 Å². The maximum absolute atomic E-state index is 13.1. The number of amides is 1. The third-order valence-electron chi connectivity index (χ3n) is 6.32. The first-order chi connectivity index (χ1) is 13.7. The van der Waals surface area contributed by atoms with Crippen LogP contribution >= 0.6 is 0 Å². The molecule has 2 aromatic carbocycles. The minimum atomic E-state index is -0.125. The lowest BCUT2D eigenvalue weighted by molar-refractivity contribution is 0.0748. The lowest BCUT2D eigenvalue weighted by Gasteiger charge is -2.20. The molecule has 0 radical (unpaired) electrons. The standard InChI is InChI=1S/C23H25N3O2/c27-22-12-21-18(20(24-25-21)10-15-6-2-1-3-7-15)11-19(22)23(28)26-13-16-8-4-5-9-17(16)14-26/h4-5,8-9,11-12,15,27H,1-3,6-7,10,13-14H2,(H,24,25). The molecule has 1 aromatic heterocycles. The monoisotopic (exact) mass is 375 g/mol. The van der Waals surface area contributed by atoms with Crippen LogP contribution in [0.1, 0.15) is 59.3 Å². The summed E-state index contributed by atoms with van der Waals surface area (Å²) in [6.07, 6.45) is 7.38. The number of hydrogen-bond donors (Lipinski definition) is 2. The Hall–Kier alpha value is -2.82. The predicted molar refractivity (Wildman–Crippen MR) is 108 cm³/mol. The number of benzene rings is 2. The number of carbonyl (C=O) groups excluding carboxylic acids is 1. The molecule has 2 aliphatic rings. The first-order valence-corrected chi connectivity index (χ1v) is 10.2. The summed E-state index contributed by atoms with van der Waals surface area (Å²) in [6.45, 7) is 1.18.